The zero-order chi connectivity index (χ0) is 16.0. The number of aryl methyl sites for hydroxylation is 1. The predicted octanol–water partition coefficient (Wildman–Crippen LogP) is 2.50. The van der Waals surface area contributed by atoms with Crippen molar-refractivity contribution in [1.82, 2.24) is 9.47 Å². The quantitative estimate of drug-likeness (QED) is 0.858. The van der Waals surface area contributed by atoms with Crippen LogP contribution < -0.4 is 0 Å². The van der Waals surface area contributed by atoms with Gasteiger partial charge in [0.15, 0.2) is 0 Å². The van der Waals surface area contributed by atoms with Crippen LogP contribution in [0.3, 0.4) is 0 Å². The minimum Gasteiger partial charge on any atom is -0.348 e. The summed E-state index contributed by atoms with van der Waals surface area (Å²) in [7, 11) is -0.812. The average molecular weight is 322 g/mol. The minimum atomic E-state index is -0.812. The van der Waals surface area contributed by atoms with Gasteiger partial charge in [-0.05, 0) is 52.5 Å². The third kappa shape index (κ3) is 2.75. The third-order valence-corrected chi connectivity index (χ3v) is 7.13. The molecule has 0 radical (unpaired) electrons. The Morgan fingerprint density at radius 2 is 2.00 bits per heavy atom. The second-order valence-electron chi connectivity index (χ2n) is 6.87. The van der Waals surface area contributed by atoms with Crippen molar-refractivity contribution >= 4 is 16.7 Å². The van der Waals surface area contributed by atoms with Gasteiger partial charge in [-0.1, -0.05) is 0 Å². The summed E-state index contributed by atoms with van der Waals surface area (Å²) in [4.78, 5) is 14.9. The smallest absolute Gasteiger partial charge is 0.255 e. The Kier molecular flexibility index (Phi) is 4.19. The normalized spacial score (nSPS) is 28.9. The Morgan fingerprint density at radius 1 is 1.32 bits per heavy atom. The Morgan fingerprint density at radius 3 is 2.64 bits per heavy atom. The first kappa shape index (κ1) is 15.8. The van der Waals surface area contributed by atoms with Crippen LogP contribution in [-0.2, 0) is 17.3 Å². The van der Waals surface area contributed by atoms with E-state index in [2.05, 4.69) is 18.4 Å². The number of carbonyl (C=O) groups is 1. The van der Waals surface area contributed by atoms with Crippen LogP contribution in [0.25, 0.3) is 0 Å². The fourth-order valence-electron chi connectivity index (χ4n) is 3.35. The number of carbonyl (C=O) groups excluding carboxylic acids is 1. The molecule has 3 rings (SSSR count). The van der Waals surface area contributed by atoms with Crippen molar-refractivity contribution in [3.63, 3.8) is 0 Å². The van der Waals surface area contributed by atoms with Crippen molar-refractivity contribution in [3.8, 4) is 0 Å². The summed E-state index contributed by atoms with van der Waals surface area (Å²) >= 11 is 0. The standard InChI is InChI=1S/C17H26N2O2S/c1-11-9-16(13(3)19(11)10-15-5-6-15)17(20)18-7-8-22(21)14(4)12(18)2/h9,12,14-15H,5-8,10H2,1-4H3. The Bertz CT molecular complexity index is 618. The molecule has 1 amide bonds. The van der Waals surface area contributed by atoms with E-state index in [1.165, 1.54) is 18.5 Å². The molecule has 1 aliphatic heterocycles. The maximum Gasteiger partial charge on any atom is 0.255 e. The summed E-state index contributed by atoms with van der Waals surface area (Å²) in [5.74, 6) is 1.49. The summed E-state index contributed by atoms with van der Waals surface area (Å²) < 4.78 is 14.2. The summed E-state index contributed by atoms with van der Waals surface area (Å²) in [6.45, 7) is 9.78. The predicted molar refractivity (Wildman–Crippen MR) is 89.6 cm³/mol. The molecule has 0 bridgehead atoms. The van der Waals surface area contributed by atoms with Gasteiger partial charge in [0.2, 0.25) is 0 Å². The molecule has 2 fully saturated rings. The van der Waals surface area contributed by atoms with E-state index < -0.39 is 10.8 Å². The highest BCUT2D eigenvalue weighted by Gasteiger charge is 2.34. The van der Waals surface area contributed by atoms with E-state index in [1.54, 1.807) is 0 Å². The summed E-state index contributed by atoms with van der Waals surface area (Å²) in [5, 5.41) is 0.0488. The SMILES string of the molecule is Cc1cc(C(=O)N2CCS(=O)C(C)C2C)c(C)n1CC1CC1. The molecule has 1 saturated carbocycles. The van der Waals surface area contributed by atoms with E-state index >= 15 is 0 Å². The number of amides is 1. The van der Waals surface area contributed by atoms with Gasteiger partial charge in [-0.2, -0.15) is 0 Å². The molecule has 1 aromatic heterocycles. The molecule has 0 N–H and O–H groups in total. The molecular weight excluding hydrogens is 296 g/mol. The van der Waals surface area contributed by atoms with Crippen LogP contribution in [0.5, 0.6) is 0 Å². The van der Waals surface area contributed by atoms with Crippen molar-refractivity contribution in [2.24, 2.45) is 5.92 Å². The first-order valence-electron chi connectivity index (χ1n) is 8.25. The van der Waals surface area contributed by atoms with Gasteiger partial charge < -0.3 is 9.47 Å². The van der Waals surface area contributed by atoms with Crippen LogP contribution in [0.15, 0.2) is 6.07 Å². The van der Waals surface area contributed by atoms with Crippen LogP contribution in [0, 0.1) is 19.8 Å². The van der Waals surface area contributed by atoms with Gasteiger partial charge in [-0.3, -0.25) is 9.00 Å². The molecular formula is C17H26N2O2S. The summed E-state index contributed by atoms with van der Waals surface area (Å²) in [6.07, 6.45) is 2.62. The lowest BCUT2D eigenvalue weighted by Crippen LogP contribution is -2.52. The number of rotatable bonds is 3. The minimum absolute atomic E-state index is 0.0357. The molecule has 22 heavy (non-hydrogen) atoms. The third-order valence-electron chi connectivity index (χ3n) is 5.32. The molecule has 2 heterocycles. The largest absolute Gasteiger partial charge is 0.348 e. The van der Waals surface area contributed by atoms with Crippen LogP contribution in [0.2, 0.25) is 0 Å². The lowest BCUT2D eigenvalue weighted by Gasteiger charge is -2.37. The fourth-order valence-corrected chi connectivity index (χ4v) is 4.68. The zero-order valence-electron chi connectivity index (χ0n) is 14.0. The van der Waals surface area contributed by atoms with Gasteiger partial charge in [-0.25, -0.2) is 0 Å². The monoisotopic (exact) mass is 322 g/mol. The second-order valence-corrected chi connectivity index (χ2v) is 8.78. The number of hydrogen-bond donors (Lipinski definition) is 0. The van der Waals surface area contributed by atoms with E-state index in [0.717, 1.165) is 23.7 Å². The Balaban J connectivity index is 1.84. The molecule has 5 heteroatoms. The van der Waals surface area contributed by atoms with Crippen molar-refractivity contribution in [2.45, 2.75) is 58.4 Å². The van der Waals surface area contributed by atoms with E-state index in [-0.39, 0.29) is 17.2 Å². The van der Waals surface area contributed by atoms with Crippen LogP contribution >= 0.6 is 0 Å². The number of aromatic nitrogens is 1. The molecule has 1 aliphatic carbocycles. The average Bonchev–Trinajstić information content (AvgIpc) is 3.26. The molecule has 1 saturated heterocycles. The Labute approximate surface area is 135 Å². The molecule has 4 nitrogen and oxygen atoms in total. The van der Waals surface area contributed by atoms with E-state index in [4.69, 9.17) is 0 Å². The van der Waals surface area contributed by atoms with Gasteiger partial charge in [0.25, 0.3) is 5.91 Å². The Hall–Kier alpha value is -1.10. The molecule has 0 aromatic carbocycles. The van der Waals surface area contributed by atoms with Crippen LogP contribution in [-0.4, -0.2) is 43.2 Å². The van der Waals surface area contributed by atoms with Crippen molar-refractivity contribution in [1.29, 1.82) is 0 Å². The summed E-state index contributed by atoms with van der Waals surface area (Å²) in [6, 6.07) is 2.07. The van der Waals surface area contributed by atoms with Crippen molar-refractivity contribution in [2.75, 3.05) is 12.3 Å². The molecule has 0 spiro atoms. The summed E-state index contributed by atoms with van der Waals surface area (Å²) in [5.41, 5.74) is 3.08. The highest BCUT2D eigenvalue weighted by atomic mass is 32.2. The highest BCUT2D eigenvalue weighted by Crippen LogP contribution is 2.32. The van der Waals surface area contributed by atoms with Gasteiger partial charge >= 0.3 is 0 Å². The van der Waals surface area contributed by atoms with Crippen LogP contribution in [0.1, 0.15) is 48.4 Å². The van der Waals surface area contributed by atoms with E-state index in [0.29, 0.717) is 12.3 Å². The maximum absolute atomic E-state index is 13.0. The second kappa shape index (κ2) is 5.84. The topological polar surface area (TPSA) is 42.3 Å². The molecule has 3 unspecified atom stereocenters. The highest BCUT2D eigenvalue weighted by molar-refractivity contribution is 7.85. The maximum atomic E-state index is 13.0. The number of nitrogens with zero attached hydrogens (tertiary/aromatic N) is 2. The van der Waals surface area contributed by atoms with Gasteiger partial charge in [-0.15, -0.1) is 0 Å². The van der Waals surface area contributed by atoms with Gasteiger partial charge in [0.1, 0.15) is 0 Å². The number of hydrogen-bond acceptors (Lipinski definition) is 2. The molecule has 1 aromatic rings. The lowest BCUT2D eigenvalue weighted by molar-refractivity contribution is 0.0694. The van der Waals surface area contributed by atoms with Gasteiger partial charge in [0.05, 0.1) is 10.8 Å². The zero-order valence-corrected chi connectivity index (χ0v) is 14.8. The van der Waals surface area contributed by atoms with Crippen molar-refractivity contribution in [3.05, 3.63) is 23.0 Å². The van der Waals surface area contributed by atoms with Crippen LogP contribution in [0.4, 0.5) is 0 Å². The van der Waals surface area contributed by atoms with E-state index in [9.17, 15) is 9.00 Å². The first-order chi connectivity index (χ1) is 10.4. The molecule has 122 valence electrons. The van der Waals surface area contributed by atoms with Crippen molar-refractivity contribution < 1.29 is 9.00 Å². The molecule has 2 aliphatic rings. The van der Waals surface area contributed by atoms with Gasteiger partial charge in [0, 0.05) is 47.1 Å². The lowest BCUT2D eigenvalue weighted by atomic mass is 10.1. The fraction of sp³-hybridized carbons (Fsp3) is 0.706. The molecule has 3 atom stereocenters. The first-order valence-corrected chi connectivity index (χ1v) is 9.63. The van der Waals surface area contributed by atoms with E-state index in [1.807, 2.05) is 24.8 Å².